The fourth-order valence-corrected chi connectivity index (χ4v) is 1.27. The van der Waals surface area contributed by atoms with E-state index >= 15 is 0 Å². The van der Waals surface area contributed by atoms with Gasteiger partial charge in [0.1, 0.15) is 0 Å². The van der Waals surface area contributed by atoms with Gasteiger partial charge in [-0.2, -0.15) is 0 Å². The van der Waals surface area contributed by atoms with Gasteiger partial charge in [-0.15, -0.1) is 0 Å². The van der Waals surface area contributed by atoms with E-state index in [9.17, 15) is 0 Å². The van der Waals surface area contributed by atoms with Gasteiger partial charge in [-0.3, -0.25) is 0 Å². The fourth-order valence-electron chi connectivity index (χ4n) is 1.27. The smallest absolute Gasteiger partial charge is 0.00369 e. The van der Waals surface area contributed by atoms with Crippen LogP contribution in [0.25, 0.3) is 0 Å². The van der Waals surface area contributed by atoms with E-state index in [0.717, 1.165) is 25.4 Å². The molecular weight excluding hydrogens is 136 g/mol. The molecule has 0 radical (unpaired) electrons. The Balaban J connectivity index is 1.66. The van der Waals surface area contributed by atoms with E-state index < -0.39 is 0 Å². The topological polar surface area (TPSA) is 38.0 Å². The molecule has 2 heteroatoms. The maximum absolute atomic E-state index is 5.36. The van der Waals surface area contributed by atoms with E-state index in [1.807, 2.05) is 0 Å². The Labute approximate surface area is 69.5 Å². The first kappa shape index (κ1) is 9.01. The summed E-state index contributed by atoms with van der Waals surface area (Å²) in [5.74, 6) is 1.09. The van der Waals surface area contributed by atoms with Crippen molar-refractivity contribution in [2.75, 3.05) is 19.6 Å². The van der Waals surface area contributed by atoms with Crippen LogP contribution in [0.15, 0.2) is 0 Å². The fraction of sp³-hybridized carbons (Fsp3) is 1.00. The van der Waals surface area contributed by atoms with E-state index in [1.165, 1.54) is 32.2 Å². The molecule has 0 unspecified atom stereocenters. The number of nitrogens with one attached hydrogen (secondary N) is 1. The molecule has 0 saturated heterocycles. The molecule has 0 aromatic heterocycles. The molecule has 0 aromatic rings. The predicted molar refractivity (Wildman–Crippen MR) is 48.5 cm³/mol. The normalized spacial score (nSPS) is 17.2. The second-order valence-electron chi connectivity index (χ2n) is 3.48. The highest BCUT2D eigenvalue weighted by Crippen LogP contribution is 2.33. The van der Waals surface area contributed by atoms with Gasteiger partial charge < -0.3 is 11.1 Å². The van der Waals surface area contributed by atoms with Crippen LogP contribution in [0.4, 0.5) is 0 Å². The molecule has 1 aliphatic carbocycles. The molecular formula is C9H20N2. The van der Waals surface area contributed by atoms with Crippen molar-refractivity contribution < 1.29 is 0 Å². The van der Waals surface area contributed by atoms with Gasteiger partial charge in [0, 0.05) is 0 Å². The average Bonchev–Trinajstić information content (AvgIpc) is 2.80. The second kappa shape index (κ2) is 5.56. The number of hydrogen-bond acceptors (Lipinski definition) is 2. The van der Waals surface area contributed by atoms with E-state index in [2.05, 4.69) is 5.32 Å². The summed E-state index contributed by atoms with van der Waals surface area (Å²) in [6, 6.07) is 0. The minimum absolute atomic E-state index is 0.815. The third kappa shape index (κ3) is 5.22. The van der Waals surface area contributed by atoms with Crippen molar-refractivity contribution in [3.63, 3.8) is 0 Å². The molecule has 11 heavy (non-hydrogen) atoms. The highest BCUT2D eigenvalue weighted by Gasteiger charge is 2.19. The monoisotopic (exact) mass is 156 g/mol. The summed E-state index contributed by atoms with van der Waals surface area (Å²) in [5, 5.41) is 3.39. The van der Waals surface area contributed by atoms with Gasteiger partial charge in [0.25, 0.3) is 0 Å². The van der Waals surface area contributed by atoms with Crippen molar-refractivity contribution in [2.24, 2.45) is 11.7 Å². The Bertz CT molecular complexity index is 89.6. The van der Waals surface area contributed by atoms with Crippen LogP contribution in [0.1, 0.15) is 32.1 Å². The zero-order chi connectivity index (χ0) is 7.94. The molecule has 0 aliphatic heterocycles. The predicted octanol–water partition coefficient (Wildman–Crippen LogP) is 1.11. The molecule has 2 nitrogen and oxygen atoms in total. The van der Waals surface area contributed by atoms with Crippen molar-refractivity contribution >= 4 is 0 Å². The molecule has 1 rings (SSSR count). The second-order valence-corrected chi connectivity index (χ2v) is 3.48. The van der Waals surface area contributed by atoms with Crippen LogP contribution in [0.5, 0.6) is 0 Å². The molecule has 1 saturated carbocycles. The van der Waals surface area contributed by atoms with Gasteiger partial charge >= 0.3 is 0 Å². The third-order valence-electron chi connectivity index (χ3n) is 2.22. The van der Waals surface area contributed by atoms with Crippen LogP contribution < -0.4 is 11.1 Å². The first-order valence-electron chi connectivity index (χ1n) is 4.84. The van der Waals surface area contributed by atoms with Crippen molar-refractivity contribution in [1.29, 1.82) is 0 Å². The third-order valence-corrected chi connectivity index (χ3v) is 2.22. The first-order chi connectivity index (χ1) is 5.43. The van der Waals surface area contributed by atoms with Crippen LogP contribution in [-0.4, -0.2) is 19.6 Å². The average molecular weight is 156 g/mol. The number of hydrogen-bond donors (Lipinski definition) is 2. The molecule has 0 heterocycles. The molecule has 0 amide bonds. The lowest BCUT2D eigenvalue weighted by atomic mass is 10.2. The summed E-state index contributed by atoms with van der Waals surface area (Å²) in [4.78, 5) is 0. The van der Waals surface area contributed by atoms with E-state index in [-0.39, 0.29) is 0 Å². The van der Waals surface area contributed by atoms with Crippen molar-refractivity contribution in [1.82, 2.24) is 5.32 Å². The summed E-state index contributed by atoms with van der Waals surface area (Å²) < 4.78 is 0. The maximum atomic E-state index is 5.36. The van der Waals surface area contributed by atoms with E-state index in [4.69, 9.17) is 5.73 Å². The van der Waals surface area contributed by atoms with Gasteiger partial charge in [-0.25, -0.2) is 0 Å². The van der Waals surface area contributed by atoms with Crippen molar-refractivity contribution in [3.8, 4) is 0 Å². The van der Waals surface area contributed by atoms with Crippen LogP contribution in [0, 0.1) is 5.92 Å². The lowest BCUT2D eigenvalue weighted by Gasteiger charge is -2.01. The van der Waals surface area contributed by atoms with Gasteiger partial charge in [0.05, 0.1) is 0 Å². The minimum Gasteiger partial charge on any atom is -0.330 e. The van der Waals surface area contributed by atoms with Crippen LogP contribution in [0.2, 0.25) is 0 Å². The quantitative estimate of drug-likeness (QED) is 0.542. The lowest BCUT2D eigenvalue weighted by molar-refractivity contribution is 0.584. The molecule has 3 N–H and O–H groups in total. The summed E-state index contributed by atoms with van der Waals surface area (Å²) in [7, 11) is 0. The molecule has 0 bridgehead atoms. The Morgan fingerprint density at radius 1 is 1.18 bits per heavy atom. The minimum atomic E-state index is 0.815. The molecule has 1 fully saturated rings. The first-order valence-corrected chi connectivity index (χ1v) is 4.84. The molecule has 0 spiro atoms. The largest absolute Gasteiger partial charge is 0.330 e. The Hall–Kier alpha value is -0.0800. The van der Waals surface area contributed by atoms with Gasteiger partial charge in [0.2, 0.25) is 0 Å². The zero-order valence-electron chi connectivity index (χ0n) is 7.31. The summed E-state index contributed by atoms with van der Waals surface area (Å²) in [5.41, 5.74) is 5.36. The van der Waals surface area contributed by atoms with E-state index in [1.54, 1.807) is 0 Å². The highest BCUT2D eigenvalue weighted by atomic mass is 14.8. The summed E-state index contributed by atoms with van der Waals surface area (Å²) in [6.07, 6.45) is 6.89. The number of nitrogens with two attached hydrogens (primary N) is 1. The summed E-state index contributed by atoms with van der Waals surface area (Å²) >= 11 is 0. The standard InChI is InChI=1S/C9H20N2/c10-6-2-8-11-7-1-3-9-4-5-9/h9,11H,1-8,10H2. The van der Waals surface area contributed by atoms with Crippen molar-refractivity contribution in [3.05, 3.63) is 0 Å². The van der Waals surface area contributed by atoms with Gasteiger partial charge in [-0.1, -0.05) is 12.8 Å². The van der Waals surface area contributed by atoms with E-state index in [0.29, 0.717) is 0 Å². The van der Waals surface area contributed by atoms with Gasteiger partial charge in [0.15, 0.2) is 0 Å². The van der Waals surface area contributed by atoms with Gasteiger partial charge in [-0.05, 0) is 44.8 Å². The zero-order valence-corrected chi connectivity index (χ0v) is 7.31. The Kier molecular flexibility index (Phi) is 4.55. The van der Waals surface area contributed by atoms with Crippen LogP contribution in [0.3, 0.4) is 0 Å². The Morgan fingerprint density at radius 3 is 2.55 bits per heavy atom. The maximum Gasteiger partial charge on any atom is -0.00369 e. The highest BCUT2D eigenvalue weighted by molar-refractivity contribution is 4.72. The van der Waals surface area contributed by atoms with Crippen LogP contribution in [-0.2, 0) is 0 Å². The van der Waals surface area contributed by atoms with Crippen LogP contribution >= 0.6 is 0 Å². The summed E-state index contributed by atoms with van der Waals surface area (Å²) in [6.45, 7) is 3.10. The molecule has 66 valence electrons. The Morgan fingerprint density at radius 2 is 1.91 bits per heavy atom. The number of rotatable bonds is 7. The lowest BCUT2D eigenvalue weighted by Crippen LogP contribution is -2.19. The SMILES string of the molecule is NCCCNCCCC1CC1. The molecule has 1 aliphatic rings. The molecule has 0 atom stereocenters. The van der Waals surface area contributed by atoms with Crippen molar-refractivity contribution in [2.45, 2.75) is 32.1 Å². The molecule has 0 aromatic carbocycles.